The monoisotopic (exact) mass is 320 g/mol. The van der Waals surface area contributed by atoms with E-state index in [1.807, 2.05) is 19.1 Å². The number of fused-ring (bicyclic) bond motifs is 1. The van der Waals surface area contributed by atoms with Gasteiger partial charge in [-0.2, -0.15) is 0 Å². The third-order valence-corrected chi connectivity index (χ3v) is 3.91. The van der Waals surface area contributed by atoms with Crippen LogP contribution in [0.1, 0.15) is 36.6 Å². The third-order valence-electron chi connectivity index (χ3n) is 3.91. The molecule has 0 aromatic heterocycles. The van der Waals surface area contributed by atoms with Crippen molar-refractivity contribution in [3.63, 3.8) is 0 Å². The molecule has 0 bridgehead atoms. The molecule has 0 unspecified atom stereocenters. The number of para-hydroxylation sites is 1. The van der Waals surface area contributed by atoms with Crippen LogP contribution in [0.5, 0.6) is 0 Å². The summed E-state index contributed by atoms with van der Waals surface area (Å²) in [4.78, 5) is 38.5. The van der Waals surface area contributed by atoms with Gasteiger partial charge >= 0.3 is 0 Å². The third kappa shape index (κ3) is 2.50. The number of nitrogens with one attached hydrogen (secondary N) is 1. The molecule has 1 aliphatic heterocycles. The van der Waals surface area contributed by atoms with E-state index in [9.17, 15) is 14.4 Å². The number of hydrogen-bond acceptors (Lipinski definition) is 3. The van der Waals surface area contributed by atoms with Crippen LogP contribution in [0.2, 0.25) is 0 Å². The molecule has 0 aliphatic carbocycles. The number of amides is 3. The maximum atomic E-state index is 12.7. The number of carbonyl (C=O) groups is 3. The lowest BCUT2D eigenvalue weighted by Gasteiger charge is -2.16. The van der Waals surface area contributed by atoms with Crippen LogP contribution >= 0.6 is 0 Å². The number of imide groups is 1. The molecular formula is C19H16N2O3. The Morgan fingerprint density at radius 3 is 2.54 bits per heavy atom. The van der Waals surface area contributed by atoms with Gasteiger partial charge in [-0.15, -0.1) is 6.58 Å². The molecule has 0 saturated heterocycles. The predicted octanol–water partition coefficient (Wildman–Crippen LogP) is 2.71. The molecule has 120 valence electrons. The first kappa shape index (κ1) is 15.7. The summed E-state index contributed by atoms with van der Waals surface area (Å²) in [7, 11) is 0. The smallest absolute Gasteiger partial charge is 0.266 e. The first-order valence-electron chi connectivity index (χ1n) is 7.52. The second kappa shape index (κ2) is 6.12. The van der Waals surface area contributed by atoms with Crippen LogP contribution < -0.4 is 10.2 Å². The summed E-state index contributed by atoms with van der Waals surface area (Å²) in [5.74, 6) is -1.10. The number of carbonyl (C=O) groups excluding carboxylic acids is 3. The average molecular weight is 320 g/mol. The topological polar surface area (TPSA) is 66.5 Å². The van der Waals surface area contributed by atoms with Crippen molar-refractivity contribution >= 4 is 23.4 Å². The molecule has 5 heteroatoms. The second-order valence-corrected chi connectivity index (χ2v) is 5.49. The van der Waals surface area contributed by atoms with Crippen molar-refractivity contribution in [1.82, 2.24) is 5.32 Å². The minimum absolute atomic E-state index is 0.245. The molecule has 1 heterocycles. The van der Waals surface area contributed by atoms with E-state index in [-0.39, 0.29) is 17.4 Å². The molecule has 0 radical (unpaired) electrons. The largest absolute Gasteiger partial charge is 0.349 e. The fourth-order valence-electron chi connectivity index (χ4n) is 2.68. The van der Waals surface area contributed by atoms with E-state index in [1.165, 1.54) is 12.1 Å². The van der Waals surface area contributed by atoms with Crippen molar-refractivity contribution in [3.8, 4) is 0 Å². The molecule has 1 aliphatic rings. The number of hydrogen-bond donors (Lipinski definition) is 1. The van der Waals surface area contributed by atoms with Gasteiger partial charge in [-0.05, 0) is 36.8 Å². The van der Waals surface area contributed by atoms with E-state index < -0.39 is 5.91 Å². The molecule has 0 saturated carbocycles. The van der Waals surface area contributed by atoms with E-state index in [4.69, 9.17) is 0 Å². The maximum Gasteiger partial charge on any atom is 0.266 e. The highest BCUT2D eigenvalue weighted by atomic mass is 16.2. The minimum atomic E-state index is -0.414. The predicted molar refractivity (Wildman–Crippen MR) is 91.3 cm³/mol. The Labute approximate surface area is 139 Å². The highest BCUT2D eigenvalue weighted by Gasteiger charge is 2.37. The van der Waals surface area contributed by atoms with Crippen LogP contribution in [0, 0.1) is 6.92 Å². The second-order valence-electron chi connectivity index (χ2n) is 5.49. The van der Waals surface area contributed by atoms with Crippen LogP contribution in [0.25, 0.3) is 0 Å². The summed E-state index contributed by atoms with van der Waals surface area (Å²) in [5.41, 5.74) is 2.28. The first-order valence-corrected chi connectivity index (χ1v) is 7.52. The zero-order valence-electron chi connectivity index (χ0n) is 13.2. The lowest BCUT2D eigenvalue weighted by atomic mass is 10.1. The summed E-state index contributed by atoms with van der Waals surface area (Å²) >= 11 is 0. The highest BCUT2D eigenvalue weighted by Crippen LogP contribution is 2.30. The van der Waals surface area contributed by atoms with Crippen LogP contribution in [-0.4, -0.2) is 24.3 Å². The van der Waals surface area contributed by atoms with E-state index in [0.29, 0.717) is 23.4 Å². The summed E-state index contributed by atoms with van der Waals surface area (Å²) < 4.78 is 0. The first-order chi connectivity index (χ1) is 11.5. The average Bonchev–Trinajstić information content (AvgIpc) is 2.84. The Morgan fingerprint density at radius 2 is 1.83 bits per heavy atom. The number of rotatable bonds is 4. The van der Waals surface area contributed by atoms with Crippen molar-refractivity contribution in [2.75, 3.05) is 11.4 Å². The van der Waals surface area contributed by atoms with Crippen molar-refractivity contribution in [3.05, 3.63) is 77.4 Å². The van der Waals surface area contributed by atoms with E-state index in [0.717, 1.165) is 10.5 Å². The van der Waals surface area contributed by atoms with Crippen molar-refractivity contribution in [2.45, 2.75) is 6.92 Å². The molecule has 0 fully saturated rings. The zero-order valence-corrected chi connectivity index (χ0v) is 13.2. The quantitative estimate of drug-likeness (QED) is 0.696. The molecule has 2 aromatic rings. The fraction of sp³-hybridized carbons (Fsp3) is 0.105. The highest BCUT2D eigenvalue weighted by molar-refractivity contribution is 6.35. The number of aryl methyl sites for hydroxylation is 1. The Morgan fingerprint density at radius 1 is 1.12 bits per heavy atom. The number of benzene rings is 2. The molecule has 5 nitrogen and oxygen atoms in total. The van der Waals surface area contributed by atoms with Gasteiger partial charge in [-0.25, -0.2) is 4.90 Å². The van der Waals surface area contributed by atoms with E-state index in [2.05, 4.69) is 11.9 Å². The van der Waals surface area contributed by atoms with Crippen LogP contribution in [0.3, 0.4) is 0 Å². The van der Waals surface area contributed by atoms with Gasteiger partial charge in [0.1, 0.15) is 0 Å². The van der Waals surface area contributed by atoms with Gasteiger partial charge in [-0.1, -0.05) is 24.3 Å². The molecule has 0 spiro atoms. The molecular weight excluding hydrogens is 304 g/mol. The van der Waals surface area contributed by atoms with E-state index in [1.54, 1.807) is 24.3 Å². The van der Waals surface area contributed by atoms with Crippen molar-refractivity contribution in [2.24, 2.45) is 0 Å². The van der Waals surface area contributed by atoms with Crippen molar-refractivity contribution in [1.29, 1.82) is 0 Å². The molecule has 3 amide bonds. The van der Waals surface area contributed by atoms with Gasteiger partial charge in [0.05, 0.1) is 16.8 Å². The maximum absolute atomic E-state index is 12.7. The Hall–Kier alpha value is -3.21. The van der Waals surface area contributed by atoms with Gasteiger partial charge in [0.25, 0.3) is 17.7 Å². The Kier molecular flexibility index (Phi) is 4.00. The summed E-state index contributed by atoms with van der Waals surface area (Å²) in [6.07, 6.45) is 1.57. The molecule has 2 aromatic carbocycles. The van der Waals surface area contributed by atoms with Gasteiger partial charge in [0.15, 0.2) is 0 Å². The lowest BCUT2D eigenvalue weighted by Crippen LogP contribution is -2.30. The standard InChI is InChI=1S/C19H16N2O3/c1-3-10-20-17(22)13-8-9-14-15(11-13)19(24)21(18(14)23)16-7-5-4-6-12(16)2/h3-9,11H,1,10H2,2H3,(H,20,22). The van der Waals surface area contributed by atoms with Gasteiger partial charge in [0, 0.05) is 12.1 Å². The summed E-state index contributed by atoms with van der Waals surface area (Å²) in [5, 5.41) is 2.65. The zero-order chi connectivity index (χ0) is 17.3. The summed E-state index contributed by atoms with van der Waals surface area (Å²) in [6.45, 7) is 5.71. The Balaban J connectivity index is 1.99. The minimum Gasteiger partial charge on any atom is -0.349 e. The Bertz CT molecular complexity index is 871. The van der Waals surface area contributed by atoms with Gasteiger partial charge < -0.3 is 5.32 Å². The number of anilines is 1. The van der Waals surface area contributed by atoms with Crippen LogP contribution in [0.15, 0.2) is 55.1 Å². The SMILES string of the molecule is C=CCNC(=O)c1ccc2c(c1)C(=O)N(c1ccccc1C)C2=O. The molecule has 3 rings (SSSR count). The molecule has 1 N–H and O–H groups in total. The van der Waals surface area contributed by atoms with Gasteiger partial charge in [-0.3, -0.25) is 14.4 Å². The van der Waals surface area contributed by atoms with Crippen LogP contribution in [-0.2, 0) is 0 Å². The van der Waals surface area contributed by atoms with Gasteiger partial charge in [0.2, 0.25) is 0 Å². The molecule has 24 heavy (non-hydrogen) atoms. The molecule has 0 atom stereocenters. The fourth-order valence-corrected chi connectivity index (χ4v) is 2.68. The van der Waals surface area contributed by atoms with Crippen LogP contribution in [0.4, 0.5) is 5.69 Å². The normalized spacial score (nSPS) is 13.0. The van der Waals surface area contributed by atoms with Crippen molar-refractivity contribution < 1.29 is 14.4 Å². The number of nitrogens with zero attached hydrogens (tertiary/aromatic N) is 1. The lowest BCUT2D eigenvalue weighted by molar-refractivity contribution is 0.0923. The summed E-state index contributed by atoms with van der Waals surface area (Å²) in [6, 6.07) is 11.7. The van der Waals surface area contributed by atoms with E-state index >= 15 is 0 Å².